The zero-order chi connectivity index (χ0) is 19.8. The number of amides is 2. The van der Waals surface area contributed by atoms with E-state index in [4.69, 9.17) is 16.3 Å². The van der Waals surface area contributed by atoms with Crippen LogP contribution in [0.2, 0.25) is 5.02 Å². The third-order valence-corrected chi connectivity index (χ3v) is 6.15. The molecular weight excluding hydrogens is 454 g/mol. The van der Waals surface area contributed by atoms with Crippen molar-refractivity contribution < 1.29 is 14.3 Å². The van der Waals surface area contributed by atoms with Gasteiger partial charge in [-0.05, 0) is 48.8 Å². The van der Waals surface area contributed by atoms with Gasteiger partial charge in [-0.15, -0.1) is 11.3 Å². The van der Waals surface area contributed by atoms with Gasteiger partial charge in [-0.1, -0.05) is 17.7 Å². The number of halogens is 2. The molecule has 3 rings (SSSR count). The van der Waals surface area contributed by atoms with E-state index >= 15 is 0 Å². The number of nitrogens with one attached hydrogen (secondary N) is 1. The lowest BCUT2D eigenvalue weighted by Gasteiger charge is -2.29. The molecule has 0 aliphatic carbocycles. The summed E-state index contributed by atoms with van der Waals surface area (Å²) in [6.07, 6.45) is 0.240. The van der Waals surface area contributed by atoms with Gasteiger partial charge in [0.1, 0.15) is 5.60 Å². The number of hydrogen-bond donors (Lipinski definition) is 1. The first-order valence-corrected chi connectivity index (χ1v) is 10.3. The number of thiazole rings is 1. The summed E-state index contributed by atoms with van der Waals surface area (Å²) in [5.74, 6) is -0.321. The van der Waals surface area contributed by atoms with Crippen LogP contribution in [0.25, 0.3) is 0 Å². The Morgan fingerprint density at radius 1 is 1.37 bits per heavy atom. The predicted octanol–water partition coefficient (Wildman–Crippen LogP) is 5.10. The first-order valence-electron chi connectivity index (χ1n) is 8.36. The molecule has 0 spiro atoms. The van der Waals surface area contributed by atoms with Crippen LogP contribution in [0.5, 0.6) is 0 Å². The second-order valence-corrected chi connectivity index (χ2v) is 9.41. The van der Waals surface area contributed by atoms with Crippen molar-refractivity contribution in [3.8, 4) is 0 Å². The SMILES string of the molecule is CC(C)(C)OC(=O)N1CCc2nc(C(=O)Nc3cccc(Br)c3Cl)sc2C1. The summed E-state index contributed by atoms with van der Waals surface area (Å²) in [6.45, 7) is 6.42. The Bertz CT molecular complexity index is 894. The molecule has 0 atom stereocenters. The number of benzene rings is 1. The van der Waals surface area contributed by atoms with E-state index in [9.17, 15) is 9.59 Å². The number of aromatic nitrogens is 1. The number of hydrogen-bond acceptors (Lipinski definition) is 5. The Kier molecular flexibility index (Phi) is 5.79. The Morgan fingerprint density at radius 2 is 2.11 bits per heavy atom. The van der Waals surface area contributed by atoms with Crippen molar-refractivity contribution in [3.63, 3.8) is 0 Å². The van der Waals surface area contributed by atoms with Crippen LogP contribution in [-0.2, 0) is 17.7 Å². The molecule has 1 aromatic heterocycles. The molecule has 0 saturated heterocycles. The Labute approximate surface area is 175 Å². The minimum atomic E-state index is -0.542. The first-order chi connectivity index (χ1) is 12.6. The van der Waals surface area contributed by atoms with Crippen LogP contribution in [0.3, 0.4) is 0 Å². The fourth-order valence-corrected chi connectivity index (χ4v) is 4.11. The zero-order valence-corrected chi connectivity index (χ0v) is 18.3. The highest BCUT2D eigenvalue weighted by atomic mass is 79.9. The smallest absolute Gasteiger partial charge is 0.410 e. The van der Waals surface area contributed by atoms with Gasteiger partial charge in [-0.3, -0.25) is 4.79 Å². The van der Waals surface area contributed by atoms with Gasteiger partial charge in [0.15, 0.2) is 5.01 Å². The molecule has 2 aromatic rings. The van der Waals surface area contributed by atoms with Crippen LogP contribution in [0.1, 0.15) is 41.1 Å². The number of anilines is 1. The summed E-state index contributed by atoms with van der Waals surface area (Å²) < 4.78 is 6.12. The maximum atomic E-state index is 12.6. The van der Waals surface area contributed by atoms with Gasteiger partial charge in [0.25, 0.3) is 5.91 Å². The Morgan fingerprint density at radius 3 is 2.81 bits per heavy atom. The molecule has 0 radical (unpaired) electrons. The molecule has 2 heterocycles. The maximum absolute atomic E-state index is 12.6. The summed E-state index contributed by atoms with van der Waals surface area (Å²) in [7, 11) is 0. The summed E-state index contributed by atoms with van der Waals surface area (Å²) >= 11 is 10.8. The zero-order valence-electron chi connectivity index (χ0n) is 15.1. The van der Waals surface area contributed by atoms with Crippen LogP contribution in [0.15, 0.2) is 22.7 Å². The minimum absolute atomic E-state index is 0.321. The van der Waals surface area contributed by atoms with Crippen molar-refractivity contribution in [1.82, 2.24) is 9.88 Å². The van der Waals surface area contributed by atoms with Gasteiger partial charge < -0.3 is 15.0 Å². The average molecular weight is 473 g/mol. The van der Waals surface area contributed by atoms with E-state index < -0.39 is 5.60 Å². The molecule has 27 heavy (non-hydrogen) atoms. The summed E-state index contributed by atoms with van der Waals surface area (Å²) in [4.78, 5) is 31.8. The van der Waals surface area contributed by atoms with E-state index in [2.05, 4.69) is 26.2 Å². The van der Waals surface area contributed by atoms with Crippen LogP contribution in [-0.4, -0.2) is 34.0 Å². The number of nitrogens with zero attached hydrogens (tertiary/aromatic N) is 2. The Hall–Kier alpha value is -1.64. The first kappa shape index (κ1) is 20.1. The second-order valence-electron chi connectivity index (χ2n) is 7.10. The molecule has 0 bridgehead atoms. The molecule has 6 nitrogen and oxygen atoms in total. The number of carbonyl (C=O) groups is 2. The molecule has 9 heteroatoms. The normalized spacial score (nSPS) is 13.9. The number of fused-ring (bicyclic) bond motifs is 1. The molecule has 1 aliphatic heterocycles. The van der Waals surface area contributed by atoms with E-state index in [1.807, 2.05) is 20.8 Å². The molecule has 2 amide bonds. The molecule has 0 fully saturated rings. The van der Waals surface area contributed by atoms with Crippen LogP contribution in [0.4, 0.5) is 10.5 Å². The molecule has 0 unspecified atom stereocenters. The molecule has 1 aromatic carbocycles. The van der Waals surface area contributed by atoms with Crippen molar-refractivity contribution in [2.24, 2.45) is 0 Å². The van der Waals surface area contributed by atoms with Crippen molar-refractivity contribution in [2.45, 2.75) is 39.3 Å². The lowest BCUT2D eigenvalue weighted by molar-refractivity contribution is 0.0225. The highest BCUT2D eigenvalue weighted by Crippen LogP contribution is 2.31. The standard InChI is InChI=1S/C18H19BrClN3O3S/c1-18(2,3)26-17(25)23-8-7-11-13(9-23)27-16(22-11)15(24)21-12-6-4-5-10(19)14(12)20/h4-6H,7-9H2,1-3H3,(H,21,24). The fourth-order valence-electron chi connectivity index (χ4n) is 2.55. The third-order valence-electron chi connectivity index (χ3n) is 3.78. The van der Waals surface area contributed by atoms with E-state index in [0.29, 0.717) is 39.7 Å². The van der Waals surface area contributed by atoms with Gasteiger partial charge in [0, 0.05) is 22.3 Å². The van der Waals surface area contributed by atoms with Crippen LogP contribution < -0.4 is 5.32 Å². The van der Waals surface area contributed by atoms with E-state index in [1.54, 1.807) is 23.1 Å². The fraction of sp³-hybridized carbons (Fsp3) is 0.389. The third kappa shape index (κ3) is 4.80. The summed E-state index contributed by atoms with van der Waals surface area (Å²) in [5.41, 5.74) is 0.823. The largest absolute Gasteiger partial charge is 0.444 e. The highest BCUT2D eigenvalue weighted by Gasteiger charge is 2.29. The summed E-state index contributed by atoms with van der Waals surface area (Å²) in [5, 5.41) is 3.57. The number of carbonyl (C=O) groups excluding carboxylic acids is 2. The lowest BCUT2D eigenvalue weighted by Crippen LogP contribution is -2.39. The Balaban J connectivity index is 1.72. The van der Waals surface area contributed by atoms with Crippen molar-refractivity contribution >= 4 is 56.6 Å². The van der Waals surface area contributed by atoms with Crippen LogP contribution >= 0.6 is 38.9 Å². The van der Waals surface area contributed by atoms with Gasteiger partial charge >= 0.3 is 6.09 Å². The van der Waals surface area contributed by atoms with E-state index in [-0.39, 0.29) is 12.0 Å². The van der Waals surface area contributed by atoms with Gasteiger partial charge in [-0.25, -0.2) is 9.78 Å². The molecule has 0 saturated carbocycles. The van der Waals surface area contributed by atoms with Gasteiger partial charge in [-0.2, -0.15) is 0 Å². The lowest BCUT2D eigenvalue weighted by atomic mass is 10.2. The quantitative estimate of drug-likeness (QED) is 0.660. The maximum Gasteiger partial charge on any atom is 0.410 e. The minimum Gasteiger partial charge on any atom is -0.444 e. The highest BCUT2D eigenvalue weighted by molar-refractivity contribution is 9.10. The van der Waals surface area contributed by atoms with Gasteiger partial charge in [0.2, 0.25) is 0 Å². The van der Waals surface area contributed by atoms with Crippen LogP contribution in [0, 0.1) is 0 Å². The topological polar surface area (TPSA) is 71.5 Å². The average Bonchev–Trinajstić information content (AvgIpc) is 3.00. The van der Waals surface area contributed by atoms with Crippen molar-refractivity contribution in [3.05, 3.63) is 43.3 Å². The monoisotopic (exact) mass is 471 g/mol. The molecule has 1 aliphatic rings. The van der Waals surface area contributed by atoms with Gasteiger partial charge in [0.05, 0.1) is 22.9 Å². The number of rotatable bonds is 2. The number of ether oxygens (including phenoxy) is 1. The second kappa shape index (κ2) is 7.77. The molecular formula is C18H19BrClN3O3S. The summed E-state index contributed by atoms with van der Waals surface area (Å²) in [6, 6.07) is 5.31. The van der Waals surface area contributed by atoms with E-state index in [0.717, 1.165) is 10.6 Å². The van der Waals surface area contributed by atoms with E-state index in [1.165, 1.54) is 11.3 Å². The van der Waals surface area contributed by atoms with Crippen molar-refractivity contribution in [2.75, 3.05) is 11.9 Å². The molecule has 144 valence electrons. The molecule has 1 N–H and O–H groups in total. The van der Waals surface area contributed by atoms with Crippen molar-refractivity contribution in [1.29, 1.82) is 0 Å². The predicted molar refractivity (Wildman–Crippen MR) is 110 cm³/mol.